The van der Waals surface area contributed by atoms with Crippen LogP contribution in [0.1, 0.15) is 42.8 Å². The van der Waals surface area contributed by atoms with Crippen LogP contribution < -0.4 is 4.74 Å². The van der Waals surface area contributed by atoms with E-state index >= 15 is 0 Å². The first-order valence-electron chi connectivity index (χ1n) is 8.46. The molecular formula is C20H22N2O3. The van der Waals surface area contributed by atoms with Gasteiger partial charge in [0.05, 0.1) is 0 Å². The van der Waals surface area contributed by atoms with Crippen LogP contribution in [0.4, 0.5) is 0 Å². The van der Waals surface area contributed by atoms with Crippen LogP contribution in [0.5, 0.6) is 5.75 Å². The Labute approximate surface area is 147 Å². The molecule has 1 aromatic heterocycles. The molecule has 0 spiro atoms. The van der Waals surface area contributed by atoms with Crippen molar-refractivity contribution in [2.75, 3.05) is 0 Å². The van der Waals surface area contributed by atoms with Crippen molar-refractivity contribution in [1.82, 2.24) is 10.1 Å². The second-order valence-corrected chi connectivity index (χ2v) is 6.07. The summed E-state index contributed by atoms with van der Waals surface area (Å²) >= 11 is 0. The molecule has 1 N–H and O–H groups in total. The van der Waals surface area contributed by atoms with Gasteiger partial charge < -0.3 is 14.4 Å². The molecule has 130 valence electrons. The lowest BCUT2D eigenvalue weighted by atomic mass is 10.1. The van der Waals surface area contributed by atoms with Gasteiger partial charge in [-0.05, 0) is 37.1 Å². The fourth-order valence-corrected chi connectivity index (χ4v) is 2.58. The average molecular weight is 338 g/mol. The summed E-state index contributed by atoms with van der Waals surface area (Å²) in [5.74, 6) is 1.43. The molecule has 1 atom stereocenters. The van der Waals surface area contributed by atoms with Gasteiger partial charge in [0.1, 0.15) is 18.5 Å². The van der Waals surface area contributed by atoms with Gasteiger partial charge in [0, 0.05) is 5.56 Å². The van der Waals surface area contributed by atoms with Crippen LogP contribution in [-0.2, 0) is 6.61 Å². The first-order chi connectivity index (χ1) is 12.2. The van der Waals surface area contributed by atoms with E-state index in [4.69, 9.17) is 9.26 Å². The summed E-state index contributed by atoms with van der Waals surface area (Å²) in [5.41, 5.74) is 3.09. The summed E-state index contributed by atoms with van der Waals surface area (Å²) < 4.78 is 11.1. The molecule has 0 unspecified atom stereocenters. The fourth-order valence-electron chi connectivity index (χ4n) is 2.58. The summed E-state index contributed by atoms with van der Waals surface area (Å²) in [5, 5.41) is 13.8. The van der Waals surface area contributed by atoms with Gasteiger partial charge in [-0.15, -0.1) is 0 Å². The molecule has 0 radical (unpaired) electrons. The van der Waals surface area contributed by atoms with Gasteiger partial charge in [-0.2, -0.15) is 4.98 Å². The predicted molar refractivity (Wildman–Crippen MR) is 95.1 cm³/mol. The minimum Gasteiger partial charge on any atom is -0.489 e. The molecule has 0 amide bonds. The number of rotatable bonds is 7. The minimum absolute atomic E-state index is 0.322. The second kappa shape index (κ2) is 7.94. The van der Waals surface area contributed by atoms with Crippen LogP contribution in [0.3, 0.4) is 0 Å². The van der Waals surface area contributed by atoms with Crippen LogP contribution in [-0.4, -0.2) is 15.2 Å². The molecule has 0 aliphatic rings. The number of nitrogens with zero attached hydrogens (tertiary/aromatic N) is 2. The third-order valence-electron chi connectivity index (χ3n) is 3.87. The SMILES string of the molecule is CCC[C@@H](O)c1noc(-c2cccc(OCc3cccc(C)c3)c2)n1. The summed E-state index contributed by atoms with van der Waals surface area (Å²) in [6.07, 6.45) is 0.773. The van der Waals surface area contributed by atoms with Crippen molar-refractivity contribution in [3.8, 4) is 17.2 Å². The smallest absolute Gasteiger partial charge is 0.258 e. The Hall–Kier alpha value is -2.66. The number of aromatic nitrogens is 2. The highest BCUT2D eigenvalue weighted by Gasteiger charge is 2.16. The summed E-state index contributed by atoms with van der Waals surface area (Å²) in [6.45, 7) is 4.55. The molecule has 1 heterocycles. The molecule has 3 aromatic rings. The molecule has 0 aliphatic heterocycles. The van der Waals surface area contributed by atoms with Gasteiger partial charge in [-0.3, -0.25) is 0 Å². The normalized spacial score (nSPS) is 12.1. The third-order valence-corrected chi connectivity index (χ3v) is 3.87. The Balaban J connectivity index is 1.71. The Morgan fingerprint density at radius 1 is 1.16 bits per heavy atom. The topological polar surface area (TPSA) is 68.4 Å². The summed E-state index contributed by atoms with van der Waals surface area (Å²) in [4.78, 5) is 4.29. The van der Waals surface area contributed by atoms with Crippen LogP contribution in [0.2, 0.25) is 0 Å². The Kier molecular flexibility index (Phi) is 5.46. The van der Waals surface area contributed by atoms with E-state index in [1.165, 1.54) is 5.56 Å². The maximum atomic E-state index is 9.96. The highest BCUT2D eigenvalue weighted by molar-refractivity contribution is 5.55. The van der Waals surface area contributed by atoms with Gasteiger partial charge in [-0.1, -0.05) is 54.4 Å². The van der Waals surface area contributed by atoms with E-state index in [-0.39, 0.29) is 0 Å². The van der Waals surface area contributed by atoms with Crippen LogP contribution >= 0.6 is 0 Å². The second-order valence-electron chi connectivity index (χ2n) is 6.07. The zero-order valence-electron chi connectivity index (χ0n) is 14.5. The molecule has 25 heavy (non-hydrogen) atoms. The van der Waals surface area contributed by atoms with Crippen LogP contribution in [0.15, 0.2) is 53.1 Å². The highest BCUT2D eigenvalue weighted by Crippen LogP contribution is 2.25. The van der Waals surface area contributed by atoms with Gasteiger partial charge in [-0.25, -0.2) is 0 Å². The van der Waals surface area contributed by atoms with Crippen molar-refractivity contribution >= 4 is 0 Å². The standard InChI is InChI=1S/C20H22N2O3/c1-3-6-18(23)19-21-20(25-22-19)16-9-5-10-17(12-16)24-13-15-8-4-7-14(2)11-15/h4-5,7-12,18,23H,3,6,13H2,1-2H3/t18-/m1/s1. The molecule has 3 rings (SSSR count). The maximum Gasteiger partial charge on any atom is 0.258 e. The molecular weight excluding hydrogens is 316 g/mol. The van der Waals surface area contributed by atoms with E-state index in [1.807, 2.05) is 43.3 Å². The van der Waals surface area contributed by atoms with E-state index in [0.29, 0.717) is 24.7 Å². The van der Waals surface area contributed by atoms with Crippen molar-refractivity contribution in [3.05, 3.63) is 65.5 Å². The predicted octanol–water partition coefficient (Wildman–Crippen LogP) is 4.46. The molecule has 0 saturated carbocycles. The summed E-state index contributed by atoms with van der Waals surface area (Å²) in [7, 11) is 0. The first-order valence-corrected chi connectivity index (χ1v) is 8.46. The molecule has 2 aromatic carbocycles. The minimum atomic E-state index is -0.691. The van der Waals surface area contributed by atoms with E-state index in [1.54, 1.807) is 0 Å². The van der Waals surface area contributed by atoms with Gasteiger partial charge in [0.25, 0.3) is 5.89 Å². The lowest BCUT2D eigenvalue weighted by molar-refractivity contribution is 0.153. The molecule has 0 aliphatic carbocycles. The van der Waals surface area contributed by atoms with Gasteiger partial charge in [0.2, 0.25) is 5.82 Å². The molecule has 0 bridgehead atoms. The van der Waals surface area contributed by atoms with Crippen molar-refractivity contribution in [3.63, 3.8) is 0 Å². The average Bonchev–Trinajstić information content (AvgIpc) is 3.11. The number of ether oxygens (including phenoxy) is 1. The maximum absolute atomic E-state index is 9.96. The van der Waals surface area contributed by atoms with Gasteiger partial charge >= 0.3 is 0 Å². The zero-order valence-corrected chi connectivity index (χ0v) is 14.5. The zero-order chi connectivity index (χ0) is 17.6. The Morgan fingerprint density at radius 2 is 2.00 bits per heavy atom. The third kappa shape index (κ3) is 4.45. The number of hydrogen-bond donors (Lipinski definition) is 1. The number of aliphatic hydroxyl groups excluding tert-OH is 1. The van der Waals surface area contributed by atoms with Crippen LogP contribution in [0.25, 0.3) is 11.5 Å². The summed E-state index contributed by atoms with van der Waals surface area (Å²) in [6, 6.07) is 15.7. The Bertz CT molecular complexity index is 829. The van der Waals surface area contributed by atoms with Crippen LogP contribution in [0, 0.1) is 6.92 Å². The lowest BCUT2D eigenvalue weighted by Crippen LogP contribution is -1.99. The van der Waals surface area contributed by atoms with E-state index < -0.39 is 6.10 Å². The molecule has 5 heteroatoms. The molecule has 0 fully saturated rings. The Morgan fingerprint density at radius 3 is 2.80 bits per heavy atom. The highest BCUT2D eigenvalue weighted by atomic mass is 16.5. The largest absolute Gasteiger partial charge is 0.489 e. The fraction of sp³-hybridized carbons (Fsp3) is 0.300. The quantitative estimate of drug-likeness (QED) is 0.689. The number of benzene rings is 2. The van der Waals surface area contributed by atoms with Crippen molar-refractivity contribution in [2.24, 2.45) is 0 Å². The van der Waals surface area contributed by atoms with Crippen molar-refractivity contribution < 1.29 is 14.4 Å². The monoisotopic (exact) mass is 338 g/mol. The molecule has 0 saturated heterocycles. The van der Waals surface area contributed by atoms with Gasteiger partial charge in [0.15, 0.2) is 0 Å². The lowest BCUT2D eigenvalue weighted by Gasteiger charge is -2.07. The number of aryl methyl sites for hydroxylation is 1. The van der Waals surface area contributed by atoms with E-state index in [2.05, 4.69) is 29.2 Å². The molecule has 5 nitrogen and oxygen atoms in total. The van der Waals surface area contributed by atoms with E-state index in [9.17, 15) is 5.11 Å². The first kappa shape index (κ1) is 17.2. The van der Waals surface area contributed by atoms with Crippen molar-refractivity contribution in [2.45, 2.75) is 39.4 Å². The van der Waals surface area contributed by atoms with E-state index in [0.717, 1.165) is 23.3 Å². The van der Waals surface area contributed by atoms with Crippen molar-refractivity contribution in [1.29, 1.82) is 0 Å². The number of aliphatic hydroxyl groups is 1. The number of hydrogen-bond acceptors (Lipinski definition) is 5.